The molecule has 3 aliphatic rings. The van der Waals surface area contributed by atoms with Crippen molar-refractivity contribution in [2.24, 2.45) is 5.92 Å². The third-order valence-electron chi connectivity index (χ3n) is 9.02. The van der Waals surface area contributed by atoms with E-state index < -0.39 is 0 Å². The van der Waals surface area contributed by atoms with Crippen LogP contribution in [0.1, 0.15) is 68.2 Å². The summed E-state index contributed by atoms with van der Waals surface area (Å²) < 4.78 is 14.8. The molecular weight excluding hydrogens is 487 g/mol. The van der Waals surface area contributed by atoms with E-state index in [0.717, 1.165) is 65.1 Å². The van der Waals surface area contributed by atoms with Gasteiger partial charge in [-0.3, -0.25) is 4.98 Å². The van der Waals surface area contributed by atoms with Crippen LogP contribution in [0.4, 0.5) is 10.2 Å². The number of hydrogen-bond donors (Lipinski definition) is 1. The van der Waals surface area contributed by atoms with Crippen LogP contribution in [0.3, 0.4) is 0 Å². The molecule has 0 spiro atoms. The van der Waals surface area contributed by atoms with E-state index in [0.29, 0.717) is 17.7 Å². The number of piperidine rings is 1. The lowest BCUT2D eigenvalue weighted by Crippen LogP contribution is -2.35. The molecule has 7 heteroatoms. The van der Waals surface area contributed by atoms with Crippen LogP contribution in [0.15, 0.2) is 55.0 Å². The molecule has 0 unspecified atom stereocenters. The zero-order chi connectivity index (χ0) is 26.1. The average Bonchev–Trinajstić information content (AvgIpc) is 3.89. The summed E-state index contributed by atoms with van der Waals surface area (Å²) in [5.74, 6) is 2.77. The van der Waals surface area contributed by atoms with E-state index in [-0.39, 0.29) is 11.2 Å². The largest absolute Gasteiger partial charge is 0.356 e. The van der Waals surface area contributed by atoms with E-state index >= 15 is 0 Å². The summed E-state index contributed by atoms with van der Waals surface area (Å²) in [5, 5.41) is 2.14. The fraction of sp³-hybridized carbons (Fsp3) is 0.375. The van der Waals surface area contributed by atoms with E-state index in [2.05, 4.69) is 32.8 Å². The Balaban J connectivity index is 1.30. The highest BCUT2D eigenvalue weighted by atomic mass is 19.1. The monoisotopic (exact) mass is 518 g/mol. The minimum atomic E-state index is -0.328. The van der Waals surface area contributed by atoms with Crippen LogP contribution in [0.5, 0.6) is 0 Å². The molecule has 1 saturated heterocycles. The zero-order valence-corrected chi connectivity index (χ0v) is 22.1. The Morgan fingerprint density at radius 1 is 1.05 bits per heavy atom. The number of anilines is 1. The molecule has 1 atom stereocenters. The Labute approximate surface area is 226 Å². The number of fused-ring (bicyclic) bond motifs is 2. The number of aromatic amines is 1. The fourth-order valence-electron chi connectivity index (χ4n) is 6.66. The third kappa shape index (κ3) is 3.73. The van der Waals surface area contributed by atoms with Crippen molar-refractivity contribution in [1.29, 1.82) is 0 Å². The summed E-state index contributed by atoms with van der Waals surface area (Å²) in [4.78, 5) is 25.6. The van der Waals surface area contributed by atoms with E-state index in [9.17, 15) is 4.39 Å². The molecule has 3 fully saturated rings. The van der Waals surface area contributed by atoms with Crippen LogP contribution in [-0.2, 0) is 5.41 Å². The second-order valence-corrected chi connectivity index (χ2v) is 11.8. The van der Waals surface area contributed by atoms with Gasteiger partial charge in [-0.15, -0.1) is 0 Å². The lowest BCUT2D eigenvalue weighted by Gasteiger charge is -2.33. The number of nitrogens with zero attached hydrogens (tertiary/aromatic N) is 5. The van der Waals surface area contributed by atoms with Crippen LogP contribution >= 0.6 is 0 Å². The van der Waals surface area contributed by atoms with Gasteiger partial charge in [-0.1, -0.05) is 25.1 Å². The molecule has 1 aromatic carbocycles. The van der Waals surface area contributed by atoms with E-state index in [1.54, 1.807) is 12.1 Å². The molecule has 6 nitrogen and oxygen atoms in total. The smallest absolute Gasteiger partial charge is 0.163 e. The number of aromatic nitrogens is 5. The van der Waals surface area contributed by atoms with Crippen molar-refractivity contribution in [2.75, 3.05) is 18.0 Å². The van der Waals surface area contributed by atoms with Gasteiger partial charge in [0.25, 0.3) is 0 Å². The molecule has 2 aliphatic carbocycles. The van der Waals surface area contributed by atoms with E-state index in [4.69, 9.17) is 9.97 Å². The Kier molecular flexibility index (Phi) is 5.06. The number of rotatable bonds is 5. The number of pyridine rings is 2. The van der Waals surface area contributed by atoms with Gasteiger partial charge in [0, 0.05) is 52.9 Å². The number of halogens is 1. The fourth-order valence-corrected chi connectivity index (χ4v) is 6.66. The first-order chi connectivity index (χ1) is 19.1. The van der Waals surface area contributed by atoms with Gasteiger partial charge in [0.1, 0.15) is 17.3 Å². The molecule has 8 rings (SSSR count). The van der Waals surface area contributed by atoms with Gasteiger partial charge in [-0.2, -0.15) is 0 Å². The van der Waals surface area contributed by atoms with Crippen molar-refractivity contribution in [3.63, 3.8) is 0 Å². The summed E-state index contributed by atoms with van der Waals surface area (Å²) in [6, 6.07) is 11.3. The Bertz CT molecular complexity index is 1730. The molecule has 1 aliphatic heterocycles. The van der Waals surface area contributed by atoms with Gasteiger partial charge in [0.2, 0.25) is 0 Å². The standard InChI is InChI=1S/C32H31FN6/c1-19-5-4-14-39(18-19)31-28-23(20-8-9-20)16-34-17-26(28)36-30(38-31)21-10-13-35-29-22(21)15-27(37-29)32(11-12-32)24-6-2-3-7-25(24)33/h2-3,6-7,10,13,15-17,19-20H,4-5,8-9,11-12,14,18H2,1H3,(H,35,37)/t19-/m1/s1. The minimum absolute atomic E-state index is 0.154. The highest BCUT2D eigenvalue weighted by Gasteiger charge is 2.48. The Morgan fingerprint density at radius 2 is 1.92 bits per heavy atom. The summed E-state index contributed by atoms with van der Waals surface area (Å²) in [6.45, 7) is 4.34. The minimum Gasteiger partial charge on any atom is -0.356 e. The quantitative estimate of drug-likeness (QED) is 0.274. The first-order valence-corrected chi connectivity index (χ1v) is 14.2. The molecule has 2 saturated carbocycles. The van der Waals surface area contributed by atoms with E-state index in [1.807, 2.05) is 36.8 Å². The van der Waals surface area contributed by atoms with Crippen LogP contribution in [-0.4, -0.2) is 38.0 Å². The summed E-state index contributed by atoms with van der Waals surface area (Å²) >= 11 is 0. The van der Waals surface area contributed by atoms with E-state index in [1.165, 1.54) is 36.6 Å². The number of nitrogens with one attached hydrogen (secondary N) is 1. The second-order valence-electron chi connectivity index (χ2n) is 11.8. The van der Waals surface area contributed by atoms with Crippen LogP contribution in [0.25, 0.3) is 33.3 Å². The number of H-pyrrole nitrogens is 1. The number of hydrogen-bond acceptors (Lipinski definition) is 5. The van der Waals surface area contributed by atoms with Crippen molar-refractivity contribution in [3.8, 4) is 11.4 Å². The van der Waals surface area contributed by atoms with Crippen molar-refractivity contribution in [2.45, 2.75) is 56.8 Å². The molecule has 39 heavy (non-hydrogen) atoms. The first-order valence-electron chi connectivity index (χ1n) is 14.2. The van der Waals surface area contributed by atoms with Gasteiger partial charge >= 0.3 is 0 Å². The lowest BCUT2D eigenvalue weighted by molar-refractivity contribution is 0.445. The highest BCUT2D eigenvalue weighted by molar-refractivity contribution is 5.97. The predicted molar refractivity (Wildman–Crippen MR) is 151 cm³/mol. The van der Waals surface area contributed by atoms with Gasteiger partial charge < -0.3 is 9.88 Å². The zero-order valence-electron chi connectivity index (χ0n) is 22.1. The van der Waals surface area contributed by atoms with Crippen LogP contribution in [0, 0.1) is 11.7 Å². The third-order valence-corrected chi connectivity index (χ3v) is 9.02. The van der Waals surface area contributed by atoms with Crippen molar-refractivity contribution >= 4 is 27.8 Å². The van der Waals surface area contributed by atoms with Gasteiger partial charge in [0.15, 0.2) is 5.82 Å². The summed E-state index contributed by atoms with van der Waals surface area (Å²) in [5.41, 5.74) is 5.35. The summed E-state index contributed by atoms with van der Waals surface area (Å²) in [6.07, 6.45) is 12.4. The van der Waals surface area contributed by atoms with Gasteiger partial charge in [0.05, 0.1) is 11.7 Å². The van der Waals surface area contributed by atoms with Crippen molar-refractivity contribution in [3.05, 3.63) is 77.6 Å². The molecule has 0 radical (unpaired) electrons. The number of benzene rings is 1. The molecule has 196 valence electrons. The highest BCUT2D eigenvalue weighted by Crippen LogP contribution is 2.54. The van der Waals surface area contributed by atoms with Gasteiger partial charge in [-0.05, 0) is 79.7 Å². The molecule has 0 bridgehead atoms. The molecule has 5 heterocycles. The molecular formula is C32H31FN6. The van der Waals surface area contributed by atoms with Crippen LogP contribution < -0.4 is 4.90 Å². The maximum absolute atomic E-state index is 14.8. The molecule has 0 amide bonds. The normalized spacial score (nSPS) is 20.6. The topological polar surface area (TPSA) is 70.6 Å². The maximum atomic E-state index is 14.8. The molecule has 5 aromatic rings. The summed E-state index contributed by atoms with van der Waals surface area (Å²) in [7, 11) is 0. The SMILES string of the molecule is C[C@@H]1CCCN(c2nc(-c3ccnc4[nH]c(C5(c6ccccc6F)CC5)cc34)nc3cncc(C4CC4)c23)C1. The van der Waals surface area contributed by atoms with Crippen LogP contribution in [0.2, 0.25) is 0 Å². The Morgan fingerprint density at radius 3 is 2.72 bits per heavy atom. The maximum Gasteiger partial charge on any atom is 0.163 e. The average molecular weight is 519 g/mol. The van der Waals surface area contributed by atoms with Crippen molar-refractivity contribution in [1.82, 2.24) is 24.9 Å². The predicted octanol–water partition coefficient (Wildman–Crippen LogP) is 6.90. The molecule has 4 aromatic heterocycles. The Hall–Kier alpha value is -3.87. The van der Waals surface area contributed by atoms with Crippen molar-refractivity contribution < 1.29 is 4.39 Å². The van der Waals surface area contributed by atoms with Gasteiger partial charge in [-0.25, -0.2) is 19.3 Å². The lowest BCUT2D eigenvalue weighted by atomic mass is 9.92. The first kappa shape index (κ1) is 23.1. The second kappa shape index (κ2) is 8.57. The molecule has 1 N–H and O–H groups in total.